The van der Waals surface area contributed by atoms with Gasteiger partial charge < -0.3 is 30.6 Å². The Hall–Kier alpha value is -0.240. The van der Waals surface area contributed by atoms with Crippen molar-refractivity contribution in [3.05, 3.63) is 0 Å². The second-order valence-electron chi connectivity index (χ2n) is 2.94. The summed E-state index contributed by atoms with van der Waals surface area (Å²) in [6.07, 6.45) is -9.84. The second kappa shape index (κ2) is 3.25. The normalized spacial score (nSPS) is 55.5. The van der Waals surface area contributed by atoms with E-state index in [1.165, 1.54) is 0 Å². The fraction of sp³-hybridized carbons (Fsp3) is 1.00. The fourth-order valence-corrected chi connectivity index (χ4v) is 1.21. The van der Waals surface area contributed by atoms with Gasteiger partial charge in [-0.1, -0.05) is 0 Å². The molecule has 0 bridgehead atoms. The smallest absolute Gasteiger partial charge is 0.111 e. The maximum absolute atomic E-state index is 8.97. The van der Waals surface area contributed by atoms with Gasteiger partial charge in [0.2, 0.25) is 0 Å². The van der Waals surface area contributed by atoms with Crippen LogP contribution in [0.4, 0.5) is 0 Å². The molecule has 6 heteroatoms. The topological polar surface area (TPSA) is 121 Å². The number of aliphatic hydroxyl groups is 6. The Bertz CT molecular complexity index is 104. The standard InChI is InChI=1S/C6H12O6/c7-1-2(8)4(10)6(12)5(11)3(1)9/h1-12H/t1-,2-,3-,4-,5+,6+/m0/s1. The predicted octanol–water partition coefficient (Wildman–Crippen LogP) is -3.83. The summed E-state index contributed by atoms with van der Waals surface area (Å²) in [5, 5.41) is 53.8. The van der Waals surface area contributed by atoms with Crippen LogP contribution in [0.3, 0.4) is 0 Å². The van der Waals surface area contributed by atoms with E-state index in [9.17, 15) is 0 Å². The monoisotopic (exact) mass is 180 g/mol. The van der Waals surface area contributed by atoms with E-state index in [2.05, 4.69) is 0 Å². The van der Waals surface area contributed by atoms with Crippen LogP contribution in [-0.4, -0.2) is 67.3 Å². The molecule has 0 radical (unpaired) electrons. The van der Waals surface area contributed by atoms with Gasteiger partial charge in [0.25, 0.3) is 0 Å². The summed E-state index contributed by atoms with van der Waals surface area (Å²) in [5.41, 5.74) is 0. The first-order valence-electron chi connectivity index (χ1n) is 3.55. The third-order valence-electron chi connectivity index (χ3n) is 2.10. The molecule has 72 valence electrons. The van der Waals surface area contributed by atoms with Crippen LogP contribution < -0.4 is 0 Å². The van der Waals surface area contributed by atoms with E-state index in [0.29, 0.717) is 0 Å². The molecule has 1 aliphatic carbocycles. The molecule has 6 nitrogen and oxygen atoms in total. The molecule has 0 atom stereocenters. The lowest BCUT2D eigenvalue weighted by molar-refractivity contribution is -0.223. The van der Waals surface area contributed by atoms with Crippen molar-refractivity contribution in [1.82, 2.24) is 0 Å². The van der Waals surface area contributed by atoms with Gasteiger partial charge >= 0.3 is 0 Å². The molecule has 1 rings (SSSR count). The minimum atomic E-state index is -1.64. The molecule has 1 aliphatic rings. The average Bonchev–Trinajstić information content (AvgIpc) is 2.08. The third kappa shape index (κ3) is 1.33. The first-order chi connectivity index (χ1) is 5.46. The Morgan fingerprint density at radius 1 is 0.333 bits per heavy atom. The molecule has 1 fully saturated rings. The van der Waals surface area contributed by atoms with Gasteiger partial charge in [-0.2, -0.15) is 0 Å². The Balaban J connectivity index is 2.76. The zero-order valence-corrected chi connectivity index (χ0v) is 6.15. The predicted molar refractivity (Wildman–Crippen MR) is 36.0 cm³/mol. The molecule has 0 unspecified atom stereocenters. The zero-order chi connectivity index (χ0) is 9.46. The number of aliphatic hydroxyl groups excluding tert-OH is 6. The Morgan fingerprint density at radius 2 is 0.417 bits per heavy atom. The van der Waals surface area contributed by atoms with Gasteiger partial charge in [0.15, 0.2) is 0 Å². The van der Waals surface area contributed by atoms with E-state index in [4.69, 9.17) is 30.6 Å². The van der Waals surface area contributed by atoms with Gasteiger partial charge in [0.05, 0.1) is 0 Å². The molecule has 0 heterocycles. The third-order valence-corrected chi connectivity index (χ3v) is 2.10. The summed E-state index contributed by atoms with van der Waals surface area (Å²) in [5.74, 6) is 0. The first-order valence-corrected chi connectivity index (χ1v) is 3.55. The van der Waals surface area contributed by atoms with E-state index in [1.54, 1.807) is 0 Å². The van der Waals surface area contributed by atoms with Crippen molar-refractivity contribution in [2.75, 3.05) is 0 Å². The number of hydrogen-bond acceptors (Lipinski definition) is 6. The van der Waals surface area contributed by atoms with Gasteiger partial charge in [-0.25, -0.2) is 0 Å². The largest absolute Gasteiger partial charge is 0.387 e. The maximum Gasteiger partial charge on any atom is 0.111 e. The highest BCUT2D eigenvalue weighted by atomic mass is 16.4. The lowest BCUT2D eigenvalue weighted by atomic mass is 9.85. The molecule has 12 heavy (non-hydrogen) atoms. The van der Waals surface area contributed by atoms with Crippen LogP contribution in [0, 0.1) is 0 Å². The Kier molecular flexibility index (Phi) is 2.67. The lowest BCUT2D eigenvalue weighted by Gasteiger charge is -2.39. The van der Waals surface area contributed by atoms with Crippen molar-refractivity contribution in [3.63, 3.8) is 0 Å². The molecule has 6 N–H and O–H groups in total. The van der Waals surface area contributed by atoms with Crippen LogP contribution in [0.5, 0.6) is 0 Å². The van der Waals surface area contributed by atoms with Crippen molar-refractivity contribution >= 4 is 0 Å². The van der Waals surface area contributed by atoms with E-state index < -0.39 is 36.6 Å². The van der Waals surface area contributed by atoms with Gasteiger partial charge in [-0.15, -0.1) is 0 Å². The van der Waals surface area contributed by atoms with Crippen molar-refractivity contribution in [2.24, 2.45) is 0 Å². The highest BCUT2D eigenvalue weighted by Gasteiger charge is 2.47. The highest BCUT2D eigenvalue weighted by Crippen LogP contribution is 2.20. The molecule has 0 amide bonds. The molecule has 0 spiro atoms. The van der Waals surface area contributed by atoms with E-state index in [0.717, 1.165) is 0 Å². The van der Waals surface area contributed by atoms with Crippen molar-refractivity contribution in [3.8, 4) is 0 Å². The summed E-state index contributed by atoms with van der Waals surface area (Å²) in [6.45, 7) is 0. The van der Waals surface area contributed by atoms with Gasteiger partial charge in [0, 0.05) is 0 Å². The SMILES string of the molecule is O[C@H]1[C@H](O)[C@H](O)[C@@H](O)[C@H](O)[C@H]1O. The van der Waals surface area contributed by atoms with Crippen LogP contribution in [-0.2, 0) is 0 Å². The first kappa shape index (κ1) is 9.85. The van der Waals surface area contributed by atoms with Crippen molar-refractivity contribution < 1.29 is 30.6 Å². The van der Waals surface area contributed by atoms with E-state index >= 15 is 0 Å². The summed E-state index contributed by atoms with van der Waals surface area (Å²) < 4.78 is 0. The highest BCUT2D eigenvalue weighted by molar-refractivity contribution is 4.98. The quantitative estimate of drug-likeness (QED) is 0.227. The molecule has 0 saturated heterocycles. The number of hydrogen-bond donors (Lipinski definition) is 6. The van der Waals surface area contributed by atoms with Crippen LogP contribution in [0.25, 0.3) is 0 Å². The summed E-state index contributed by atoms with van der Waals surface area (Å²) in [6, 6.07) is 0. The minimum Gasteiger partial charge on any atom is -0.387 e. The summed E-state index contributed by atoms with van der Waals surface area (Å²) >= 11 is 0. The zero-order valence-electron chi connectivity index (χ0n) is 6.15. The molecular weight excluding hydrogens is 168 g/mol. The summed E-state index contributed by atoms with van der Waals surface area (Å²) in [4.78, 5) is 0. The van der Waals surface area contributed by atoms with Crippen LogP contribution in [0.2, 0.25) is 0 Å². The van der Waals surface area contributed by atoms with Gasteiger partial charge in [-0.05, 0) is 0 Å². The molecular formula is C6H12O6. The number of rotatable bonds is 0. The van der Waals surface area contributed by atoms with E-state index in [1.807, 2.05) is 0 Å². The van der Waals surface area contributed by atoms with Crippen LogP contribution >= 0.6 is 0 Å². The molecule has 0 aromatic carbocycles. The van der Waals surface area contributed by atoms with Crippen molar-refractivity contribution in [2.45, 2.75) is 36.6 Å². The summed E-state index contributed by atoms with van der Waals surface area (Å²) in [7, 11) is 0. The average molecular weight is 180 g/mol. The van der Waals surface area contributed by atoms with Crippen molar-refractivity contribution in [1.29, 1.82) is 0 Å². The maximum atomic E-state index is 8.97. The van der Waals surface area contributed by atoms with Crippen LogP contribution in [0.1, 0.15) is 0 Å². The molecule has 1 saturated carbocycles. The van der Waals surface area contributed by atoms with E-state index in [-0.39, 0.29) is 0 Å². The minimum absolute atomic E-state index is 1.64. The Morgan fingerprint density at radius 3 is 0.500 bits per heavy atom. The molecule has 0 aromatic heterocycles. The molecule has 0 aliphatic heterocycles. The second-order valence-corrected chi connectivity index (χ2v) is 2.94. The van der Waals surface area contributed by atoms with Crippen LogP contribution in [0.15, 0.2) is 0 Å². The molecule has 0 aromatic rings. The van der Waals surface area contributed by atoms with Gasteiger partial charge in [-0.3, -0.25) is 0 Å². The van der Waals surface area contributed by atoms with Gasteiger partial charge in [0.1, 0.15) is 36.6 Å². The lowest BCUT2D eigenvalue weighted by Crippen LogP contribution is -2.63. The Labute approximate surface area is 68.3 Å². The fourth-order valence-electron chi connectivity index (χ4n) is 1.21.